The van der Waals surface area contributed by atoms with E-state index in [1.54, 1.807) is 0 Å². The van der Waals surface area contributed by atoms with Gasteiger partial charge in [0, 0.05) is 49.4 Å². The summed E-state index contributed by atoms with van der Waals surface area (Å²) < 4.78 is 6.28. The molecule has 2 aliphatic rings. The second-order valence-electron chi connectivity index (χ2n) is 11.1. The zero-order valence-corrected chi connectivity index (χ0v) is 24.6. The Balaban J connectivity index is 1.39. The molecule has 1 saturated heterocycles. The maximum absolute atomic E-state index is 6.28. The molecule has 0 bridgehead atoms. The van der Waals surface area contributed by atoms with Gasteiger partial charge in [-0.15, -0.1) is 0 Å². The molecule has 40 heavy (non-hydrogen) atoms. The van der Waals surface area contributed by atoms with Gasteiger partial charge in [-0.1, -0.05) is 37.3 Å². The fraction of sp³-hybridized carbons (Fsp3) is 0.531. The van der Waals surface area contributed by atoms with E-state index in [1.165, 1.54) is 34.0 Å². The van der Waals surface area contributed by atoms with Gasteiger partial charge in [0.05, 0.1) is 24.8 Å². The van der Waals surface area contributed by atoms with Gasteiger partial charge in [-0.25, -0.2) is 9.98 Å². The van der Waals surface area contributed by atoms with Gasteiger partial charge in [0.15, 0.2) is 0 Å². The van der Waals surface area contributed by atoms with E-state index in [0.717, 1.165) is 69.9 Å². The Morgan fingerprint density at radius 3 is 2.73 bits per heavy atom. The molecular formula is C32H43N7O. The van der Waals surface area contributed by atoms with E-state index in [4.69, 9.17) is 14.7 Å². The van der Waals surface area contributed by atoms with Gasteiger partial charge in [0.1, 0.15) is 12.4 Å². The number of fused-ring (bicyclic) bond motifs is 2. The third-order valence-electron chi connectivity index (χ3n) is 8.13. The predicted octanol–water partition coefficient (Wildman–Crippen LogP) is 5.38. The average molecular weight is 542 g/mol. The molecule has 0 saturated carbocycles. The van der Waals surface area contributed by atoms with E-state index in [9.17, 15) is 0 Å². The number of likely N-dealkylation sites (N-methyl/N-ethyl adjacent to an activating group) is 1. The average Bonchev–Trinajstić information content (AvgIpc) is 3.39. The molecule has 2 aromatic carbocycles. The number of benzene rings is 2. The first-order valence-corrected chi connectivity index (χ1v) is 14.8. The lowest BCUT2D eigenvalue weighted by molar-refractivity contribution is 0.187. The van der Waals surface area contributed by atoms with E-state index in [2.05, 4.69) is 95.0 Å². The highest BCUT2D eigenvalue weighted by molar-refractivity contribution is 5.97. The van der Waals surface area contributed by atoms with Gasteiger partial charge in [-0.2, -0.15) is 9.97 Å². The van der Waals surface area contributed by atoms with Gasteiger partial charge < -0.3 is 19.4 Å². The Morgan fingerprint density at radius 2 is 1.93 bits per heavy atom. The minimum Gasteiger partial charge on any atom is -0.462 e. The van der Waals surface area contributed by atoms with Crippen molar-refractivity contribution in [3.05, 3.63) is 53.2 Å². The van der Waals surface area contributed by atoms with Crippen LogP contribution in [0.15, 0.2) is 46.4 Å². The van der Waals surface area contributed by atoms with Gasteiger partial charge in [-0.05, 0) is 69.6 Å². The Kier molecular flexibility index (Phi) is 9.30. The van der Waals surface area contributed by atoms with Crippen LogP contribution in [0.4, 0.5) is 11.5 Å². The SMILES string of the molecule is CCCN=C=NCCCN(C)c1nc(OCC2CCCN2C)nc2c1CCN(c1cccc3cccc(C)c13)C2. The Bertz CT molecular complexity index is 1360. The minimum absolute atomic E-state index is 0.420. The highest BCUT2D eigenvalue weighted by Crippen LogP contribution is 2.35. The fourth-order valence-corrected chi connectivity index (χ4v) is 5.86. The third-order valence-corrected chi connectivity index (χ3v) is 8.13. The summed E-state index contributed by atoms with van der Waals surface area (Å²) in [4.78, 5) is 25.5. The standard InChI is InChI=1S/C32H43N7O/c1-5-16-33-23-34-17-9-19-38(4)31-27-15-20-39(29-14-7-12-25-11-6-10-24(2)30(25)29)21-28(27)35-32(36-31)40-22-26-13-8-18-37(26)3/h6-7,10-12,14,26H,5,8-9,13,15-22H2,1-4H3. The van der Waals surface area contributed by atoms with Crippen LogP contribution in [0.1, 0.15) is 49.4 Å². The second kappa shape index (κ2) is 13.2. The van der Waals surface area contributed by atoms with Crippen LogP contribution in [-0.2, 0) is 13.0 Å². The van der Waals surface area contributed by atoms with E-state index in [-0.39, 0.29) is 0 Å². The van der Waals surface area contributed by atoms with Crippen molar-refractivity contribution in [3.8, 4) is 6.01 Å². The van der Waals surface area contributed by atoms with Crippen molar-refractivity contribution in [1.82, 2.24) is 14.9 Å². The summed E-state index contributed by atoms with van der Waals surface area (Å²) in [6.45, 7) is 10.1. The first-order chi connectivity index (χ1) is 19.5. The van der Waals surface area contributed by atoms with Crippen LogP contribution in [-0.4, -0.2) is 80.3 Å². The van der Waals surface area contributed by atoms with Crippen LogP contribution < -0.4 is 14.5 Å². The molecule has 0 amide bonds. The van der Waals surface area contributed by atoms with Gasteiger partial charge >= 0.3 is 6.01 Å². The molecule has 1 unspecified atom stereocenters. The molecule has 8 nitrogen and oxygen atoms in total. The van der Waals surface area contributed by atoms with Crippen molar-refractivity contribution >= 4 is 28.3 Å². The van der Waals surface area contributed by atoms with Crippen LogP contribution in [0.5, 0.6) is 6.01 Å². The van der Waals surface area contributed by atoms with Crippen LogP contribution in [0.2, 0.25) is 0 Å². The summed E-state index contributed by atoms with van der Waals surface area (Å²) in [6, 6.07) is 16.9. The summed E-state index contributed by atoms with van der Waals surface area (Å²) in [6.07, 6.45) is 5.20. The first-order valence-electron chi connectivity index (χ1n) is 14.8. The number of rotatable bonds is 11. The summed E-state index contributed by atoms with van der Waals surface area (Å²) in [7, 11) is 4.29. The number of likely N-dealkylation sites (tertiary alicyclic amines) is 1. The summed E-state index contributed by atoms with van der Waals surface area (Å²) in [5, 5.41) is 2.60. The zero-order valence-electron chi connectivity index (χ0n) is 24.6. The van der Waals surface area contributed by atoms with Crippen LogP contribution in [0.3, 0.4) is 0 Å². The lowest BCUT2D eigenvalue weighted by Crippen LogP contribution is -2.34. The van der Waals surface area contributed by atoms with Gasteiger partial charge in [0.2, 0.25) is 0 Å². The number of aliphatic imine (C=N–C) groups is 2. The van der Waals surface area contributed by atoms with Crippen molar-refractivity contribution in [2.75, 3.05) is 63.2 Å². The Hall–Kier alpha value is -3.48. The lowest BCUT2D eigenvalue weighted by atomic mass is 10.00. The van der Waals surface area contributed by atoms with Crippen LogP contribution in [0.25, 0.3) is 10.8 Å². The summed E-state index contributed by atoms with van der Waals surface area (Å²) in [5.41, 5.74) is 4.86. The Morgan fingerprint density at radius 1 is 1.10 bits per heavy atom. The summed E-state index contributed by atoms with van der Waals surface area (Å²) in [5.74, 6) is 0.983. The summed E-state index contributed by atoms with van der Waals surface area (Å²) >= 11 is 0. The third kappa shape index (κ3) is 6.45. The number of hydrogen-bond donors (Lipinski definition) is 0. The highest BCUT2D eigenvalue weighted by Gasteiger charge is 2.27. The highest BCUT2D eigenvalue weighted by atomic mass is 16.5. The monoisotopic (exact) mass is 541 g/mol. The number of anilines is 2. The molecule has 8 heteroatoms. The molecule has 3 aromatic rings. The lowest BCUT2D eigenvalue weighted by Gasteiger charge is -2.33. The topological polar surface area (TPSA) is 69.5 Å². The van der Waals surface area contributed by atoms with Crippen molar-refractivity contribution in [1.29, 1.82) is 0 Å². The maximum Gasteiger partial charge on any atom is 0.318 e. The molecule has 212 valence electrons. The van der Waals surface area contributed by atoms with E-state index >= 15 is 0 Å². The quantitative estimate of drug-likeness (QED) is 0.240. The van der Waals surface area contributed by atoms with Gasteiger partial charge in [-0.3, -0.25) is 0 Å². The molecule has 0 spiro atoms. The molecule has 1 fully saturated rings. The molecule has 5 rings (SSSR count). The number of hydrogen-bond acceptors (Lipinski definition) is 8. The molecule has 1 aromatic heterocycles. The van der Waals surface area contributed by atoms with Crippen LogP contribution in [0, 0.1) is 6.92 Å². The van der Waals surface area contributed by atoms with Crippen molar-refractivity contribution < 1.29 is 4.74 Å². The minimum atomic E-state index is 0.420. The predicted molar refractivity (Wildman–Crippen MR) is 164 cm³/mol. The largest absolute Gasteiger partial charge is 0.462 e. The second-order valence-corrected chi connectivity index (χ2v) is 11.1. The maximum atomic E-state index is 6.28. The smallest absolute Gasteiger partial charge is 0.318 e. The molecular weight excluding hydrogens is 498 g/mol. The Labute approximate surface area is 238 Å². The normalized spacial score (nSPS) is 17.0. The van der Waals surface area contributed by atoms with E-state index < -0.39 is 0 Å². The van der Waals surface area contributed by atoms with E-state index in [0.29, 0.717) is 25.2 Å². The fourth-order valence-electron chi connectivity index (χ4n) is 5.86. The first kappa shape index (κ1) is 28.1. The number of nitrogens with zero attached hydrogens (tertiary/aromatic N) is 7. The van der Waals surface area contributed by atoms with Gasteiger partial charge in [0.25, 0.3) is 0 Å². The molecule has 2 aliphatic heterocycles. The zero-order chi connectivity index (χ0) is 27.9. The number of ether oxygens (including phenoxy) is 1. The van der Waals surface area contributed by atoms with E-state index in [1.807, 2.05) is 0 Å². The molecule has 0 aliphatic carbocycles. The molecule has 0 radical (unpaired) electrons. The van der Waals surface area contributed by atoms with Crippen molar-refractivity contribution in [2.45, 2.75) is 58.5 Å². The molecule has 1 atom stereocenters. The molecule has 3 heterocycles. The van der Waals surface area contributed by atoms with Crippen molar-refractivity contribution in [3.63, 3.8) is 0 Å². The van der Waals surface area contributed by atoms with Crippen molar-refractivity contribution in [2.24, 2.45) is 9.98 Å². The van der Waals surface area contributed by atoms with Crippen LogP contribution >= 0.6 is 0 Å². The molecule has 0 N–H and O–H groups in total. The number of aryl methyl sites for hydroxylation is 1. The number of aromatic nitrogens is 2.